The van der Waals surface area contributed by atoms with Crippen LogP contribution in [0.5, 0.6) is 0 Å². The van der Waals surface area contributed by atoms with Crippen molar-refractivity contribution in [1.82, 2.24) is 0 Å². The van der Waals surface area contributed by atoms with Crippen LogP contribution in [0.25, 0.3) is 0 Å². The second kappa shape index (κ2) is 6.46. The summed E-state index contributed by atoms with van der Waals surface area (Å²) >= 11 is 0. The molecular formula is C24H36O3. The molecule has 0 heterocycles. The Morgan fingerprint density at radius 1 is 1.11 bits per heavy atom. The van der Waals surface area contributed by atoms with Gasteiger partial charge in [0.1, 0.15) is 11.9 Å². The van der Waals surface area contributed by atoms with Crippen LogP contribution in [-0.4, -0.2) is 17.9 Å². The van der Waals surface area contributed by atoms with Gasteiger partial charge in [0.05, 0.1) is 0 Å². The van der Waals surface area contributed by atoms with E-state index in [1.165, 1.54) is 26.2 Å². The highest BCUT2D eigenvalue weighted by atomic mass is 16.5. The van der Waals surface area contributed by atoms with Crippen LogP contribution >= 0.6 is 0 Å². The third-order valence-electron chi connectivity index (χ3n) is 9.17. The van der Waals surface area contributed by atoms with Crippen molar-refractivity contribution in [3.63, 3.8) is 0 Å². The van der Waals surface area contributed by atoms with E-state index in [0.29, 0.717) is 17.6 Å². The van der Waals surface area contributed by atoms with Gasteiger partial charge in [-0.25, -0.2) is 0 Å². The van der Waals surface area contributed by atoms with E-state index in [2.05, 4.69) is 26.8 Å². The molecule has 0 aromatic rings. The van der Waals surface area contributed by atoms with Crippen LogP contribution < -0.4 is 0 Å². The molecule has 3 fully saturated rings. The number of fused-ring (bicyclic) bond motifs is 5. The number of carbonyl (C=O) groups is 2. The Morgan fingerprint density at radius 3 is 2.52 bits per heavy atom. The van der Waals surface area contributed by atoms with Crippen molar-refractivity contribution < 1.29 is 14.3 Å². The van der Waals surface area contributed by atoms with Crippen molar-refractivity contribution in [3.8, 4) is 0 Å². The summed E-state index contributed by atoms with van der Waals surface area (Å²) in [4.78, 5) is 23.8. The van der Waals surface area contributed by atoms with Crippen molar-refractivity contribution in [2.45, 2.75) is 85.7 Å². The molecule has 0 amide bonds. The van der Waals surface area contributed by atoms with Crippen LogP contribution in [-0.2, 0) is 14.3 Å². The number of Topliss-reactive ketones (excluding diaryl/α,β-unsaturated/α-hetero) is 1. The smallest absolute Gasteiger partial charge is 0.302 e. The molecule has 4 aliphatic carbocycles. The van der Waals surface area contributed by atoms with Gasteiger partial charge in [-0.3, -0.25) is 9.59 Å². The Bertz CT molecular complexity index is 679. The van der Waals surface area contributed by atoms with Crippen LogP contribution in [0.2, 0.25) is 0 Å². The van der Waals surface area contributed by atoms with Crippen LogP contribution in [0.15, 0.2) is 11.6 Å². The van der Waals surface area contributed by atoms with Gasteiger partial charge in [-0.1, -0.05) is 32.4 Å². The zero-order valence-corrected chi connectivity index (χ0v) is 17.7. The molecule has 0 bridgehead atoms. The van der Waals surface area contributed by atoms with Gasteiger partial charge in [-0.15, -0.1) is 0 Å². The van der Waals surface area contributed by atoms with Crippen molar-refractivity contribution in [2.75, 3.05) is 0 Å². The van der Waals surface area contributed by atoms with E-state index in [-0.39, 0.29) is 28.8 Å². The third kappa shape index (κ3) is 2.83. The molecule has 150 valence electrons. The molecule has 0 saturated heterocycles. The summed E-state index contributed by atoms with van der Waals surface area (Å²) in [5.41, 5.74) is 2.00. The molecular weight excluding hydrogens is 336 g/mol. The number of hydrogen-bond acceptors (Lipinski definition) is 3. The molecule has 0 radical (unpaired) electrons. The number of rotatable bonds is 2. The van der Waals surface area contributed by atoms with Crippen molar-refractivity contribution >= 4 is 11.8 Å². The molecule has 4 rings (SSSR count). The molecule has 3 nitrogen and oxygen atoms in total. The molecule has 0 aliphatic heterocycles. The number of ketones is 1. The molecule has 0 aromatic heterocycles. The van der Waals surface area contributed by atoms with Gasteiger partial charge in [-0.2, -0.15) is 0 Å². The predicted molar refractivity (Wildman–Crippen MR) is 106 cm³/mol. The minimum atomic E-state index is -0.151. The van der Waals surface area contributed by atoms with Gasteiger partial charge < -0.3 is 4.74 Å². The highest BCUT2D eigenvalue weighted by Gasteiger charge is 2.61. The lowest BCUT2D eigenvalue weighted by atomic mass is 9.47. The maximum absolute atomic E-state index is 12.4. The summed E-state index contributed by atoms with van der Waals surface area (Å²) in [6.45, 7) is 10.5. The number of ether oxygens (including phenoxy) is 1. The van der Waals surface area contributed by atoms with Crippen molar-refractivity contribution in [3.05, 3.63) is 11.6 Å². The fourth-order valence-corrected chi connectivity index (χ4v) is 8.19. The highest BCUT2D eigenvalue weighted by Crippen LogP contribution is 2.67. The van der Waals surface area contributed by atoms with E-state index in [4.69, 9.17) is 4.74 Å². The summed E-state index contributed by atoms with van der Waals surface area (Å²) < 4.78 is 5.54. The summed E-state index contributed by atoms with van der Waals surface area (Å²) in [7, 11) is 0. The van der Waals surface area contributed by atoms with E-state index >= 15 is 0 Å². The van der Waals surface area contributed by atoms with Gasteiger partial charge in [-0.05, 0) is 80.0 Å². The second-order valence-corrected chi connectivity index (χ2v) is 10.6. The van der Waals surface area contributed by atoms with Crippen molar-refractivity contribution in [1.29, 1.82) is 0 Å². The molecule has 0 spiro atoms. The number of carbonyl (C=O) groups excluding carboxylic acids is 2. The predicted octanol–water partition coefficient (Wildman–Crippen LogP) is 5.33. The van der Waals surface area contributed by atoms with E-state index in [9.17, 15) is 9.59 Å². The van der Waals surface area contributed by atoms with Crippen LogP contribution in [0.3, 0.4) is 0 Å². The average Bonchev–Trinajstić information content (AvgIpc) is 2.85. The molecule has 8 atom stereocenters. The molecule has 0 aromatic carbocycles. The van der Waals surface area contributed by atoms with E-state index in [1.807, 2.05) is 6.92 Å². The largest absolute Gasteiger partial charge is 0.462 e. The first-order chi connectivity index (χ1) is 12.7. The topological polar surface area (TPSA) is 43.4 Å². The highest BCUT2D eigenvalue weighted by molar-refractivity contribution is 5.80. The standard InChI is InChI=1S/C24H36O3/c1-14-12-21-19-7-6-17-13-18(27-16(3)26)8-10-23(17,4)20(19)9-11-24(21,5)22(14)15(2)25/h6,14,18-22H,7-13H2,1-5H3. The molecule has 27 heavy (non-hydrogen) atoms. The fraction of sp³-hybridized carbons (Fsp3) is 0.833. The Kier molecular flexibility index (Phi) is 4.59. The zero-order valence-electron chi connectivity index (χ0n) is 17.7. The number of hydrogen-bond donors (Lipinski definition) is 0. The third-order valence-corrected chi connectivity index (χ3v) is 9.17. The van der Waals surface area contributed by atoms with E-state index in [0.717, 1.165) is 37.5 Å². The van der Waals surface area contributed by atoms with Gasteiger partial charge in [0, 0.05) is 19.3 Å². The lowest BCUT2D eigenvalue weighted by molar-refractivity contribution is -0.149. The Hall–Kier alpha value is -1.12. The molecule has 8 unspecified atom stereocenters. The number of esters is 1. The molecule has 0 N–H and O–H groups in total. The van der Waals surface area contributed by atoms with Gasteiger partial charge >= 0.3 is 5.97 Å². The van der Waals surface area contributed by atoms with Crippen molar-refractivity contribution in [2.24, 2.45) is 40.4 Å². The minimum absolute atomic E-state index is 0.0702. The SMILES string of the molecule is CC(=O)OC1CCC2(C)C(=CCC3C2CCC2(C)C3CC(C)C2C(C)=O)C1. The first-order valence-corrected chi connectivity index (χ1v) is 11.0. The normalized spacial score (nSPS) is 48.7. The summed E-state index contributed by atoms with van der Waals surface area (Å²) in [5, 5.41) is 0. The average molecular weight is 373 g/mol. The summed E-state index contributed by atoms with van der Waals surface area (Å²) in [6.07, 6.45) is 10.4. The minimum Gasteiger partial charge on any atom is -0.462 e. The van der Waals surface area contributed by atoms with E-state index < -0.39 is 0 Å². The molecule has 3 heteroatoms. The maximum Gasteiger partial charge on any atom is 0.302 e. The Balaban J connectivity index is 1.61. The first kappa shape index (κ1) is 19.2. The molecule has 4 aliphatic rings. The fourth-order valence-electron chi connectivity index (χ4n) is 8.19. The van der Waals surface area contributed by atoms with Gasteiger partial charge in [0.15, 0.2) is 0 Å². The summed E-state index contributed by atoms with van der Waals surface area (Å²) in [6, 6.07) is 0. The Morgan fingerprint density at radius 2 is 1.85 bits per heavy atom. The molecule has 3 saturated carbocycles. The van der Waals surface area contributed by atoms with Gasteiger partial charge in [0.2, 0.25) is 0 Å². The van der Waals surface area contributed by atoms with Crippen LogP contribution in [0, 0.1) is 40.4 Å². The quantitative estimate of drug-likeness (QED) is 0.486. The van der Waals surface area contributed by atoms with E-state index in [1.54, 1.807) is 5.57 Å². The van der Waals surface area contributed by atoms with Crippen LogP contribution in [0.1, 0.15) is 79.6 Å². The van der Waals surface area contributed by atoms with Crippen LogP contribution in [0.4, 0.5) is 0 Å². The first-order valence-electron chi connectivity index (χ1n) is 11.0. The Labute approximate surface area is 164 Å². The maximum atomic E-state index is 12.4. The van der Waals surface area contributed by atoms with Gasteiger partial charge in [0.25, 0.3) is 0 Å². The summed E-state index contributed by atoms with van der Waals surface area (Å²) in [5.74, 6) is 3.16. The monoisotopic (exact) mass is 372 g/mol. The lowest BCUT2D eigenvalue weighted by Crippen LogP contribution is -2.51. The zero-order chi connectivity index (χ0) is 19.6. The second-order valence-electron chi connectivity index (χ2n) is 10.6. The lowest BCUT2D eigenvalue weighted by Gasteiger charge is -2.58. The number of allylic oxidation sites excluding steroid dienone is 1.